The van der Waals surface area contributed by atoms with Crippen LogP contribution in [0.1, 0.15) is 25.3 Å². The van der Waals surface area contributed by atoms with Gasteiger partial charge >= 0.3 is 0 Å². The molecule has 0 aliphatic heterocycles. The zero-order valence-corrected chi connectivity index (χ0v) is 11.3. The average molecular weight is 256 g/mol. The van der Waals surface area contributed by atoms with Gasteiger partial charge in [-0.3, -0.25) is 0 Å². The minimum Gasteiger partial charge on any atom is -0.383 e. The SMILES string of the molecule is CCCOCCNc1cccc(CCCCl)c1. The van der Waals surface area contributed by atoms with Crippen molar-refractivity contribution in [2.75, 3.05) is 31.0 Å². The fourth-order valence-corrected chi connectivity index (χ4v) is 1.76. The zero-order valence-electron chi connectivity index (χ0n) is 10.5. The third-order valence-electron chi connectivity index (χ3n) is 2.45. The maximum atomic E-state index is 5.69. The summed E-state index contributed by atoms with van der Waals surface area (Å²) in [5.41, 5.74) is 2.50. The summed E-state index contributed by atoms with van der Waals surface area (Å²) in [6.07, 6.45) is 3.16. The summed E-state index contributed by atoms with van der Waals surface area (Å²) >= 11 is 5.69. The molecule has 3 heteroatoms. The Morgan fingerprint density at radius 3 is 2.94 bits per heavy atom. The highest BCUT2D eigenvalue weighted by molar-refractivity contribution is 6.17. The van der Waals surface area contributed by atoms with E-state index in [2.05, 4.69) is 36.5 Å². The van der Waals surface area contributed by atoms with Gasteiger partial charge in [-0.1, -0.05) is 19.1 Å². The molecule has 17 heavy (non-hydrogen) atoms. The Kier molecular flexibility index (Phi) is 7.85. The van der Waals surface area contributed by atoms with Gasteiger partial charge in [0.1, 0.15) is 0 Å². The minimum absolute atomic E-state index is 0.725. The smallest absolute Gasteiger partial charge is 0.0639 e. The Balaban J connectivity index is 2.27. The lowest BCUT2D eigenvalue weighted by Crippen LogP contribution is -2.09. The molecule has 0 bridgehead atoms. The van der Waals surface area contributed by atoms with Crippen LogP contribution in [0.4, 0.5) is 5.69 Å². The van der Waals surface area contributed by atoms with Crippen molar-refractivity contribution >= 4 is 17.3 Å². The van der Waals surface area contributed by atoms with Gasteiger partial charge in [-0.25, -0.2) is 0 Å². The first-order chi connectivity index (χ1) is 8.36. The normalized spacial score (nSPS) is 10.5. The number of halogens is 1. The van der Waals surface area contributed by atoms with Crippen LogP contribution in [0.25, 0.3) is 0 Å². The van der Waals surface area contributed by atoms with Gasteiger partial charge in [0.05, 0.1) is 6.61 Å². The molecule has 0 amide bonds. The molecule has 0 aromatic heterocycles. The minimum atomic E-state index is 0.725. The summed E-state index contributed by atoms with van der Waals surface area (Å²) in [4.78, 5) is 0. The molecule has 0 spiro atoms. The first kappa shape index (κ1) is 14.3. The van der Waals surface area contributed by atoms with Gasteiger partial charge in [0.15, 0.2) is 0 Å². The molecule has 1 N–H and O–H groups in total. The number of benzene rings is 1. The number of anilines is 1. The number of hydrogen-bond acceptors (Lipinski definition) is 2. The number of hydrogen-bond donors (Lipinski definition) is 1. The molecule has 2 nitrogen and oxygen atoms in total. The Morgan fingerprint density at radius 1 is 1.29 bits per heavy atom. The molecule has 0 saturated carbocycles. The fourth-order valence-electron chi connectivity index (χ4n) is 1.62. The molecule has 1 rings (SSSR count). The Bertz CT molecular complexity index is 304. The molecular formula is C14H22ClNO. The second-order valence-corrected chi connectivity index (χ2v) is 4.41. The summed E-state index contributed by atoms with van der Waals surface area (Å²) < 4.78 is 5.42. The van der Waals surface area contributed by atoms with Crippen LogP contribution in [0, 0.1) is 0 Å². The Labute approximate surface area is 109 Å². The maximum absolute atomic E-state index is 5.69. The highest BCUT2D eigenvalue weighted by atomic mass is 35.5. The van der Waals surface area contributed by atoms with Gasteiger partial charge in [-0.2, -0.15) is 0 Å². The number of nitrogens with one attached hydrogen (secondary N) is 1. The molecule has 0 atom stereocenters. The van der Waals surface area contributed by atoms with E-state index < -0.39 is 0 Å². The standard InChI is InChI=1S/C14H22ClNO/c1-2-10-17-11-9-16-14-7-3-5-13(12-14)6-4-8-15/h3,5,7,12,16H,2,4,6,8-11H2,1H3. The number of alkyl halides is 1. The third kappa shape index (κ3) is 6.54. The van der Waals surface area contributed by atoms with Crippen LogP contribution in [0.15, 0.2) is 24.3 Å². The van der Waals surface area contributed by atoms with E-state index in [0.717, 1.165) is 50.6 Å². The van der Waals surface area contributed by atoms with Crippen molar-refractivity contribution in [3.8, 4) is 0 Å². The lowest BCUT2D eigenvalue weighted by molar-refractivity contribution is 0.144. The zero-order chi connectivity index (χ0) is 12.3. The quantitative estimate of drug-likeness (QED) is 0.537. The van der Waals surface area contributed by atoms with Gasteiger partial charge in [0, 0.05) is 24.7 Å². The van der Waals surface area contributed by atoms with Crippen molar-refractivity contribution in [1.29, 1.82) is 0 Å². The first-order valence-electron chi connectivity index (χ1n) is 6.33. The average Bonchev–Trinajstić information content (AvgIpc) is 2.37. The molecule has 1 aromatic rings. The van der Waals surface area contributed by atoms with Crippen molar-refractivity contribution in [2.45, 2.75) is 26.2 Å². The van der Waals surface area contributed by atoms with Gasteiger partial charge in [-0.05, 0) is 37.0 Å². The van der Waals surface area contributed by atoms with E-state index in [1.54, 1.807) is 0 Å². The topological polar surface area (TPSA) is 21.3 Å². The molecular weight excluding hydrogens is 234 g/mol. The summed E-state index contributed by atoms with van der Waals surface area (Å²) in [6, 6.07) is 8.50. The summed E-state index contributed by atoms with van der Waals surface area (Å²) in [5.74, 6) is 0.725. The summed E-state index contributed by atoms with van der Waals surface area (Å²) in [5, 5.41) is 3.36. The number of rotatable bonds is 9. The van der Waals surface area contributed by atoms with Gasteiger partial charge in [0.2, 0.25) is 0 Å². The number of aryl methyl sites for hydroxylation is 1. The van der Waals surface area contributed by atoms with Crippen molar-refractivity contribution in [3.63, 3.8) is 0 Å². The molecule has 0 unspecified atom stereocenters. The summed E-state index contributed by atoms with van der Waals surface area (Å²) in [6.45, 7) is 4.59. The van der Waals surface area contributed by atoms with E-state index in [0.29, 0.717) is 0 Å². The van der Waals surface area contributed by atoms with E-state index in [1.165, 1.54) is 5.56 Å². The van der Waals surface area contributed by atoms with Crippen molar-refractivity contribution in [3.05, 3.63) is 29.8 Å². The van der Waals surface area contributed by atoms with Crippen LogP contribution in [0.3, 0.4) is 0 Å². The van der Waals surface area contributed by atoms with Crippen LogP contribution in [0.5, 0.6) is 0 Å². The largest absolute Gasteiger partial charge is 0.383 e. The lowest BCUT2D eigenvalue weighted by Gasteiger charge is -2.08. The predicted octanol–water partition coefficient (Wildman–Crippen LogP) is 3.70. The monoisotopic (exact) mass is 255 g/mol. The van der Waals surface area contributed by atoms with Crippen LogP contribution in [-0.4, -0.2) is 25.6 Å². The second kappa shape index (κ2) is 9.32. The lowest BCUT2D eigenvalue weighted by atomic mass is 10.1. The molecule has 96 valence electrons. The van der Waals surface area contributed by atoms with Crippen LogP contribution < -0.4 is 5.32 Å². The van der Waals surface area contributed by atoms with Gasteiger partial charge in [-0.15, -0.1) is 11.6 Å². The molecule has 0 aliphatic carbocycles. The molecule has 1 aromatic carbocycles. The number of ether oxygens (including phenoxy) is 1. The molecule has 0 fully saturated rings. The Hall–Kier alpha value is -0.730. The van der Waals surface area contributed by atoms with Crippen LogP contribution in [0.2, 0.25) is 0 Å². The summed E-state index contributed by atoms with van der Waals surface area (Å²) in [7, 11) is 0. The molecule has 0 aliphatic rings. The highest BCUT2D eigenvalue weighted by Crippen LogP contribution is 2.12. The van der Waals surface area contributed by atoms with Crippen molar-refractivity contribution < 1.29 is 4.74 Å². The van der Waals surface area contributed by atoms with Crippen molar-refractivity contribution in [2.24, 2.45) is 0 Å². The van der Waals surface area contributed by atoms with E-state index in [1.807, 2.05) is 0 Å². The molecule has 0 saturated heterocycles. The predicted molar refractivity (Wildman–Crippen MR) is 75.1 cm³/mol. The van der Waals surface area contributed by atoms with Crippen LogP contribution in [-0.2, 0) is 11.2 Å². The van der Waals surface area contributed by atoms with E-state index in [4.69, 9.17) is 16.3 Å². The van der Waals surface area contributed by atoms with E-state index >= 15 is 0 Å². The molecule has 0 heterocycles. The Morgan fingerprint density at radius 2 is 2.18 bits per heavy atom. The first-order valence-corrected chi connectivity index (χ1v) is 6.86. The highest BCUT2D eigenvalue weighted by Gasteiger charge is 1.96. The van der Waals surface area contributed by atoms with Crippen LogP contribution >= 0.6 is 11.6 Å². The van der Waals surface area contributed by atoms with Gasteiger partial charge in [0.25, 0.3) is 0 Å². The maximum Gasteiger partial charge on any atom is 0.0639 e. The van der Waals surface area contributed by atoms with E-state index in [9.17, 15) is 0 Å². The van der Waals surface area contributed by atoms with Crippen molar-refractivity contribution in [1.82, 2.24) is 0 Å². The molecule has 0 radical (unpaired) electrons. The second-order valence-electron chi connectivity index (χ2n) is 4.03. The van der Waals surface area contributed by atoms with Gasteiger partial charge < -0.3 is 10.1 Å². The third-order valence-corrected chi connectivity index (χ3v) is 2.72. The fraction of sp³-hybridized carbons (Fsp3) is 0.571. The van der Waals surface area contributed by atoms with E-state index in [-0.39, 0.29) is 0 Å².